The van der Waals surface area contributed by atoms with Crippen molar-refractivity contribution in [3.8, 4) is 5.69 Å². The van der Waals surface area contributed by atoms with Crippen molar-refractivity contribution in [2.24, 2.45) is 5.92 Å². The average Bonchev–Trinajstić information content (AvgIpc) is 2.86. The van der Waals surface area contributed by atoms with E-state index in [-0.39, 0.29) is 16.9 Å². The molecule has 2 aromatic rings. The maximum atomic E-state index is 13.4. The zero-order valence-corrected chi connectivity index (χ0v) is 16.2. The number of aliphatic hydroxyl groups excluding tert-OH is 1. The third-order valence-corrected chi connectivity index (χ3v) is 4.76. The second kappa shape index (κ2) is 6.91. The first kappa shape index (κ1) is 20.9. The Morgan fingerprint density at radius 3 is 2.21 bits per heavy atom. The number of benzene rings is 1. The molecule has 1 fully saturated rings. The van der Waals surface area contributed by atoms with Gasteiger partial charge in [0.05, 0.1) is 11.3 Å². The summed E-state index contributed by atoms with van der Waals surface area (Å²) in [4.78, 5) is 24.5. The second-order valence-electron chi connectivity index (χ2n) is 7.34. The normalized spacial score (nSPS) is 18.3. The number of cyclic esters (lactones) is 2. The predicted molar refractivity (Wildman–Crippen MR) is 95.0 cm³/mol. The van der Waals surface area contributed by atoms with Gasteiger partial charge in [-0.05, 0) is 32.0 Å². The van der Waals surface area contributed by atoms with Gasteiger partial charge in [-0.2, -0.15) is 13.2 Å². The van der Waals surface area contributed by atoms with E-state index in [9.17, 15) is 27.9 Å². The molecule has 0 amide bonds. The highest BCUT2D eigenvalue weighted by molar-refractivity contribution is 5.97. The van der Waals surface area contributed by atoms with E-state index in [0.717, 1.165) is 6.07 Å². The Morgan fingerprint density at radius 2 is 1.66 bits per heavy atom. The smallest absolute Gasteiger partial charge is 0.418 e. The number of hydrogen-bond acceptors (Lipinski definition) is 5. The van der Waals surface area contributed by atoms with Gasteiger partial charge in [-0.1, -0.05) is 12.1 Å². The van der Waals surface area contributed by atoms with Crippen LogP contribution in [0, 0.1) is 19.8 Å². The zero-order valence-electron chi connectivity index (χ0n) is 16.2. The average molecular weight is 411 g/mol. The number of halogens is 3. The van der Waals surface area contributed by atoms with Crippen LogP contribution in [0.25, 0.3) is 5.69 Å². The van der Waals surface area contributed by atoms with Crippen LogP contribution in [0.4, 0.5) is 13.2 Å². The lowest BCUT2D eigenvalue weighted by molar-refractivity contribution is -0.244. The molecule has 2 heterocycles. The van der Waals surface area contributed by atoms with Crippen LogP contribution in [-0.4, -0.2) is 27.4 Å². The lowest BCUT2D eigenvalue weighted by Gasteiger charge is -2.34. The van der Waals surface area contributed by atoms with Crippen molar-refractivity contribution in [2.75, 3.05) is 0 Å². The molecule has 29 heavy (non-hydrogen) atoms. The molecule has 156 valence electrons. The number of carbonyl (C=O) groups is 2. The molecule has 0 spiro atoms. The Morgan fingerprint density at radius 1 is 1.10 bits per heavy atom. The summed E-state index contributed by atoms with van der Waals surface area (Å²) in [5.74, 6) is -5.00. The summed E-state index contributed by atoms with van der Waals surface area (Å²) in [5.41, 5.74) is -0.175. The van der Waals surface area contributed by atoms with Crippen molar-refractivity contribution in [3.63, 3.8) is 0 Å². The first-order valence-electron chi connectivity index (χ1n) is 8.82. The van der Waals surface area contributed by atoms with E-state index in [1.54, 1.807) is 6.92 Å². The van der Waals surface area contributed by atoms with Gasteiger partial charge in [0, 0.05) is 30.8 Å². The molecule has 0 radical (unpaired) electrons. The highest BCUT2D eigenvalue weighted by atomic mass is 19.4. The van der Waals surface area contributed by atoms with E-state index in [4.69, 9.17) is 9.47 Å². The van der Waals surface area contributed by atoms with E-state index < -0.39 is 41.5 Å². The molecular formula is C20H20F3NO5. The SMILES string of the molecule is Cc1cc(C(O)C2C(=O)OC(C)(C)OC2=O)c(C)n1-c1ccccc1C(F)(F)F. The fraction of sp³-hybridized carbons (Fsp3) is 0.400. The molecule has 6 nitrogen and oxygen atoms in total. The number of alkyl halides is 3. The van der Waals surface area contributed by atoms with Gasteiger partial charge in [0.1, 0.15) is 6.10 Å². The van der Waals surface area contributed by atoms with Gasteiger partial charge >= 0.3 is 18.1 Å². The van der Waals surface area contributed by atoms with Crippen LogP contribution in [-0.2, 0) is 25.2 Å². The van der Waals surface area contributed by atoms with Gasteiger partial charge in [-0.25, -0.2) is 0 Å². The molecule has 0 aliphatic carbocycles. The van der Waals surface area contributed by atoms with Crippen molar-refractivity contribution in [1.82, 2.24) is 4.57 Å². The fourth-order valence-electron chi connectivity index (χ4n) is 3.53. The van der Waals surface area contributed by atoms with Crippen LogP contribution in [0.15, 0.2) is 30.3 Å². The number of carbonyl (C=O) groups excluding carboxylic acids is 2. The van der Waals surface area contributed by atoms with Gasteiger partial charge in [0.15, 0.2) is 5.92 Å². The van der Waals surface area contributed by atoms with Crippen molar-refractivity contribution in [3.05, 3.63) is 52.8 Å². The molecule has 0 saturated carbocycles. The largest absolute Gasteiger partial charge is 0.422 e. The summed E-state index contributed by atoms with van der Waals surface area (Å²) < 4.78 is 51.7. The van der Waals surface area contributed by atoms with Crippen LogP contribution in [0.1, 0.15) is 42.5 Å². The lowest BCUT2D eigenvalue weighted by Crippen LogP contribution is -2.48. The molecule has 1 saturated heterocycles. The quantitative estimate of drug-likeness (QED) is 0.617. The molecule has 0 bridgehead atoms. The highest BCUT2D eigenvalue weighted by Gasteiger charge is 2.48. The summed E-state index contributed by atoms with van der Waals surface area (Å²) in [5, 5.41) is 10.7. The molecular weight excluding hydrogens is 391 g/mol. The minimum atomic E-state index is -4.58. The van der Waals surface area contributed by atoms with E-state index in [1.807, 2.05) is 0 Å². The Balaban J connectivity index is 2.06. The van der Waals surface area contributed by atoms with Crippen LogP contribution in [0.3, 0.4) is 0 Å². The minimum Gasteiger partial charge on any atom is -0.422 e. The minimum absolute atomic E-state index is 0.122. The molecule has 1 aliphatic heterocycles. The van der Waals surface area contributed by atoms with E-state index in [0.29, 0.717) is 5.69 Å². The second-order valence-corrected chi connectivity index (χ2v) is 7.34. The van der Waals surface area contributed by atoms with Crippen molar-refractivity contribution < 1.29 is 37.3 Å². The predicted octanol–water partition coefficient (Wildman–Crippen LogP) is 3.60. The fourth-order valence-corrected chi connectivity index (χ4v) is 3.53. The third-order valence-electron chi connectivity index (χ3n) is 4.76. The van der Waals surface area contributed by atoms with Crippen molar-refractivity contribution in [2.45, 2.75) is 45.8 Å². The Hall–Kier alpha value is -2.81. The number of para-hydroxylation sites is 1. The number of aromatic nitrogens is 1. The standard InChI is InChI=1S/C20H20F3NO5/c1-10-9-12(16(25)15-17(26)28-19(3,4)29-18(15)27)11(2)24(10)14-8-6-5-7-13(14)20(21,22)23/h5-9,15-16,25H,1-4H3. The van der Waals surface area contributed by atoms with Gasteiger partial charge in [-0.3, -0.25) is 9.59 Å². The van der Waals surface area contributed by atoms with Crippen molar-refractivity contribution >= 4 is 11.9 Å². The highest BCUT2D eigenvalue weighted by Crippen LogP contribution is 2.38. The topological polar surface area (TPSA) is 77.8 Å². The summed E-state index contributed by atoms with van der Waals surface area (Å²) in [7, 11) is 0. The molecule has 1 aromatic carbocycles. The van der Waals surface area contributed by atoms with Gasteiger partial charge in [0.25, 0.3) is 5.79 Å². The Bertz CT molecular complexity index is 957. The number of aliphatic hydroxyl groups is 1. The number of rotatable bonds is 3. The first-order chi connectivity index (χ1) is 13.3. The number of aryl methyl sites for hydroxylation is 1. The number of hydrogen-bond donors (Lipinski definition) is 1. The zero-order chi connectivity index (χ0) is 21.7. The third kappa shape index (κ3) is 3.74. The Labute approximate surface area is 164 Å². The number of esters is 2. The van der Waals surface area contributed by atoms with E-state index >= 15 is 0 Å². The monoisotopic (exact) mass is 411 g/mol. The summed E-state index contributed by atoms with van der Waals surface area (Å²) in [6.07, 6.45) is -6.22. The molecule has 3 rings (SSSR count). The molecule has 1 aliphatic rings. The number of ether oxygens (including phenoxy) is 2. The Kier molecular flexibility index (Phi) is 4.98. The lowest BCUT2D eigenvalue weighted by atomic mass is 9.94. The van der Waals surface area contributed by atoms with Gasteiger partial charge in [-0.15, -0.1) is 0 Å². The van der Waals surface area contributed by atoms with Crippen molar-refractivity contribution in [1.29, 1.82) is 0 Å². The summed E-state index contributed by atoms with van der Waals surface area (Å²) in [6.45, 7) is 5.83. The van der Waals surface area contributed by atoms with E-state index in [2.05, 4.69) is 0 Å². The number of nitrogens with zero attached hydrogens (tertiary/aromatic N) is 1. The molecule has 1 aromatic heterocycles. The molecule has 1 N–H and O–H groups in total. The molecule has 1 atom stereocenters. The summed E-state index contributed by atoms with van der Waals surface area (Å²) in [6, 6.07) is 6.46. The van der Waals surface area contributed by atoms with E-state index in [1.165, 1.54) is 49.6 Å². The molecule has 9 heteroatoms. The van der Waals surface area contributed by atoms with Crippen LogP contribution in [0.2, 0.25) is 0 Å². The van der Waals surface area contributed by atoms with Gasteiger partial charge < -0.3 is 19.1 Å². The van der Waals surface area contributed by atoms with Crippen LogP contribution >= 0.6 is 0 Å². The summed E-state index contributed by atoms with van der Waals surface area (Å²) >= 11 is 0. The molecule has 1 unspecified atom stereocenters. The van der Waals surface area contributed by atoms with Gasteiger partial charge in [0.2, 0.25) is 0 Å². The van der Waals surface area contributed by atoms with Crippen LogP contribution < -0.4 is 0 Å². The maximum Gasteiger partial charge on any atom is 0.418 e. The maximum absolute atomic E-state index is 13.4. The van der Waals surface area contributed by atoms with Crippen LogP contribution in [0.5, 0.6) is 0 Å². The first-order valence-corrected chi connectivity index (χ1v) is 8.82.